The van der Waals surface area contributed by atoms with Crippen LogP contribution in [0.15, 0.2) is 30.3 Å². The van der Waals surface area contributed by atoms with Gasteiger partial charge in [-0.2, -0.15) is 0 Å². The highest BCUT2D eigenvalue weighted by Gasteiger charge is 2.14. The molecule has 0 aliphatic carbocycles. The maximum atomic E-state index is 13.7. The molecular formula is C13H12F2N2O. The fourth-order valence-electron chi connectivity index (χ4n) is 1.74. The lowest BCUT2D eigenvalue weighted by Gasteiger charge is -2.10. The first-order chi connectivity index (χ1) is 8.52. The number of hydrogen-bond donors (Lipinski definition) is 2. The van der Waals surface area contributed by atoms with Crippen molar-refractivity contribution in [3.63, 3.8) is 0 Å². The summed E-state index contributed by atoms with van der Waals surface area (Å²) in [4.78, 5) is 0. The van der Waals surface area contributed by atoms with Crippen molar-refractivity contribution in [2.45, 2.75) is 0 Å². The summed E-state index contributed by atoms with van der Waals surface area (Å²) in [5, 5.41) is 0. The molecule has 0 atom stereocenters. The summed E-state index contributed by atoms with van der Waals surface area (Å²) < 4.78 is 32.5. The highest BCUT2D eigenvalue weighted by Crippen LogP contribution is 2.32. The van der Waals surface area contributed by atoms with E-state index in [4.69, 9.17) is 16.2 Å². The quantitative estimate of drug-likeness (QED) is 0.806. The average molecular weight is 250 g/mol. The van der Waals surface area contributed by atoms with E-state index in [-0.39, 0.29) is 11.3 Å². The van der Waals surface area contributed by atoms with Gasteiger partial charge in [-0.25, -0.2) is 8.78 Å². The highest BCUT2D eigenvalue weighted by atomic mass is 19.1. The molecule has 0 saturated heterocycles. The lowest BCUT2D eigenvalue weighted by atomic mass is 10.0. The number of hydrogen-bond acceptors (Lipinski definition) is 3. The number of nitrogens with two attached hydrogens (primary N) is 2. The van der Waals surface area contributed by atoms with E-state index >= 15 is 0 Å². The van der Waals surface area contributed by atoms with E-state index in [1.807, 2.05) is 0 Å². The highest BCUT2D eigenvalue weighted by molar-refractivity contribution is 5.72. The first-order valence-electron chi connectivity index (χ1n) is 5.21. The Kier molecular flexibility index (Phi) is 3.06. The van der Waals surface area contributed by atoms with Crippen molar-refractivity contribution in [1.29, 1.82) is 0 Å². The van der Waals surface area contributed by atoms with Gasteiger partial charge in [0.1, 0.15) is 17.4 Å². The number of benzene rings is 2. The molecule has 0 aliphatic heterocycles. The topological polar surface area (TPSA) is 61.3 Å². The molecular weight excluding hydrogens is 238 g/mol. The molecule has 5 heteroatoms. The van der Waals surface area contributed by atoms with Crippen LogP contribution in [0.3, 0.4) is 0 Å². The fourth-order valence-corrected chi connectivity index (χ4v) is 1.74. The Morgan fingerprint density at radius 3 is 2.17 bits per heavy atom. The van der Waals surface area contributed by atoms with Crippen molar-refractivity contribution >= 4 is 11.4 Å². The first-order valence-corrected chi connectivity index (χ1v) is 5.21. The molecule has 0 saturated carbocycles. The summed E-state index contributed by atoms with van der Waals surface area (Å²) in [6.07, 6.45) is 0. The Labute approximate surface area is 103 Å². The minimum Gasteiger partial charge on any atom is -0.495 e. The number of anilines is 2. The molecule has 94 valence electrons. The van der Waals surface area contributed by atoms with Gasteiger partial charge >= 0.3 is 0 Å². The molecule has 18 heavy (non-hydrogen) atoms. The molecule has 0 radical (unpaired) electrons. The number of rotatable bonds is 2. The van der Waals surface area contributed by atoms with Crippen molar-refractivity contribution in [2.75, 3.05) is 18.6 Å². The van der Waals surface area contributed by atoms with Gasteiger partial charge in [0.05, 0.1) is 18.4 Å². The van der Waals surface area contributed by atoms with Crippen LogP contribution in [0.4, 0.5) is 20.2 Å². The molecule has 3 nitrogen and oxygen atoms in total. The Bertz CT molecular complexity index is 577. The molecule has 2 aromatic rings. The van der Waals surface area contributed by atoms with E-state index in [0.29, 0.717) is 17.0 Å². The van der Waals surface area contributed by atoms with Gasteiger partial charge in [-0.15, -0.1) is 0 Å². The van der Waals surface area contributed by atoms with Crippen LogP contribution in [0.5, 0.6) is 5.75 Å². The number of methoxy groups -OCH3 is 1. The molecule has 0 bridgehead atoms. The third kappa shape index (κ3) is 2.07. The fraction of sp³-hybridized carbons (Fsp3) is 0.0769. The lowest BCUT2D eigenvalue weighted by Crippen LogP contribution is -1.96. The van der Waals surface area contributed by atoms with Crippen molar-refractivity contribution in [1.82, 2.24) is 0 Å². The molecule has 2 aromatic carbocycles. The number of halogens is 2. The van der Waals surface area contributed by atoms with Crippen LogP contribution in [0.1, 0.15) is 0 Å². The molecule has 0 unspecified atom stereocenters. The molecule has 4 N–H and O–H groups in total. The maximum absolute atomic E-state index is 13.7. The van der Waals surface area contributed by atoms with E-state index < -0.39 is 11.6 Å². The lowest BCUT2D eigenvalue weighted by molar-refractivity contribution is 0.417. The van der Waals surface area contributed by atoms with Gasteiger partial charge in [0.25, 0.3) is 0 Å². The van der Waals surface area contributed by atoms with Gasteiger partial charge in [0.15, 0.2) is 0 Å². The second kappa shape index (κ2) is 4.52. The zero-order valence-electron chi connectivity index (χ0n) is 9.71. The van der Waals surface area contributed by atoms with Crippen LogP contribution >= 0.6 is 0 Å². The summed E-state index contributed by atoms with van der Waals surface area (Å²) in [5.41, 5.74) is 11.6. The zero-order chi connectivity index (χ0) is 13.3. The third-order valence-corrected chi connectivity index (χ3v) is 2.59. The van der Waals surface area contributed by atoms with Crippen LogP contribution in [-0.4, -0.2) is 7.11 Å². The summed E-state index contributed by atoms with van der Waals surface area (Å²) in [6, 6.07) is 6.68. The minimum atomic E-state index is -0.723. The van der Waals surface area contributed by atoms with Gasteiger partial charge in [-0.3, -0.25) is 0 Å². The van der Waals surface area contributed by atoms with Gasteiger partial charge in [0.2, 0.25) is 0 Å². The SMILES string of the molecule is COc1cc(-c2c(F)cc(N)cc2F)ccc1N. The first kappa shape index (κ1) is 12.2. The maximum Gasteiger partial charge on any atom is 0.142 e. The second-order valence-electron chi connectivity index (χ2n) is 3.82. The molecule has 0 aliphatic rings. The minimum absolute atomic E-state index is 0.0381. The monoisotopic (exact) mass is 250 g/mol. The third-order valence-electron chi connectivity index (χ3n) is 2.59. The molecule has 0 amide bonds. The van der Waals surface area contributed by atoms with E-state index in [9.17, 15) is 8.78 Å². The Hall–Kier alpha value is -2.30. The van der Waals surface area contributed by atoms with Crippen LogP contribution in [0.2, 0.25) is 0 Å². The number of nitrogen functional groups attached to an aromatic ring is 2. The van der Waals surface area contributed by atoms with Crippen LogP contribution in [0.25, 0.3) is 11.1 Å². The van der Waals surface area contributed by atoms with Crippen LogP contribution in [-0.2, 0) is 0 Å². The normalized spacial score (nSPS) is 10.4. The standard InChI is InChI=1S/C13H12F2N2O/c1-18-12-4-7(2-3-11(12)17)13-9(14)5-8(16)6-10(13)15/h2-6H,16-17H2,1H3. The van der Waals surface area contributed by atoms with Gasteiger partial charge in [-0.1, -0.05) is 6.07 Å². The van der Waals surface area contributed by atoms with Crippen molar-refractivity contribution in [3.05, 3.63) is 42.0 Å². The average Bonchev–Trinajstić information content (AvgIpc) is 2.30. The molecule has 0 aromatic heterocycles. The smallest absolute Gasteiger partial charge is 0.142 e. The molecule has 0 spiro atoms. The van der Waals surface area contributed by atoms with E-state index in [1.54, 1.807) is 0 Å². The van der Waals surface area contributed by atoms with Crippen LogP contribution in [0, 0.1) is 11.6 Å². The van der Waals surface area contributed by atoms with Gasteiger partial charge in [0, 0.05) is 5.69 Å². The molecule has 2 rings (SSSR count). The summed E-state index contributed by atoms with van der Waals surface area (Å²) in [7, 11) is 1.44. The second-order valence-corrected chi connectivity index (χ2v) is 3.82. The largest absolute Gasteiger partial charge is 0.495 e. The summed E-state index contributed by atoms with van der Waals surface area (Å²) in [5.74, 6) is -1.08. The Morgan fingerprint density at radius 1 is 1.00 bits per heavy atom. The molecule has 0 fully saturated rings. The predicted molar refractivity (Wildman–Crippen MR) is 67.2 cm³/mol. The molecule has 0 heterocycles. The Morgan fingerprint density at radius 2 is 1.61 bits per heavy atom. The summed E-state index contributed by atoms with van der Waals surface area (Å²) >= 11 is 0. The number of ether oxygens (including phenoxy) is 1. The van der Waals surface area contributed by atoms with E-state index in [0.717, 1.165) is 12.1 Å². The van der Waals surface area contributed by atoms with Crippen LogP contribution < -0.4 is 16.2 Å². The van der Waals surface area contributed by atoms with E-state index in [1.165, 1.54) is 25.3 Å². The van der Waals surface area contributed by atoms with Crippen molar-refractivity contribution in [3.8, 4) is 16.9 Å². The Balaban J connectivity index is 2.62. The van der Waals surface area contributed by atoms with Crippen molar-refractivity contribution < 1.29 is 13.5 Å². The van der Waals surface area contributed by atoms with Gasteiger partial charge < -0.3 is 16.2 Å². The zero-order valence-corrected chi connectivity index (χ0v) is 9.71. The van der Waals surface area contributed by atoms with Gasteiger partial charge in [-0.05, 0) is 29.8 Å². The predicted octanol–water partition coefficient (Wildman–Crippen LogP) is 2.80. The van der Waals surface area contributed by atoms with Crippen molar-refractivity contribution in [2.24, 2.45) is 0 Å². The summed E-state index contributed by atoms with van der Waals surface area (Å²) in [6.45, 7) is 0. The van der Waals surface area contributed by atoms with E-state index in [2.05, 4.69) is 0 Å².